The minimum atomic E-state index is -4.22. The van der Waals surface area contributed by atoms with Crippen LogP contribution < -0.4 is 0 Å². The van der Waals surface area contributed by atoms with E-state index in [2.05, 4.69) is 0 Å². The standard InChI is InChI=1S/C12H18F3NO/c13-12(14,15)6-5-11(17)16-7-10(8-16)9-3-1-2-4-9/h9-10H,1-8H2. The van der Waals surface area contributed by atoms with Crippen LogP contribution >= 0.6 is 0 Å². The number of halogens is 3. The molecule has 2 fully saturated rings. The molecule has 5 heteroatoms. The van der Waals surface area contributed by atoms with E-state index in [9.17, 15) is 18.0 Å². The predicted molar refractivity (Wildman–Crippen MR) is 57.3 cm³/mol. The van der Waals surface area contributed by atoms with E-state index < -0.39 is 12.6 Å². The summed E-state index contributed by atoms with van der Waals surface area (Å²) in [6, 6.07) is 0. The van der Waals surface area contributed by atoms with Gasteiger partial charge in [0.1, 0.15) is 0 Å². The van der Waals surface area contributed by atoms with Gasteiger partial charge in [0.2, 0.25) is 5.91 Å². The molecule has 2 rings (SSSR count). The highest BCUT2D eigenvalue weighted by molar-refractivity contribution is 5.77. The van der Waals surface area contributed by atoms with Crippen LogP contribution in [-0.2, 0) is 4.79 Å². The second-order valence-corrected chi connectivity index (χ2v) is 5.22. The van der Waals surface area contributed by atoms with Gasteiger partial charge in [0.15, 0.2) is 0 Å². The average molecular weight is 249 g/mol. The van der Waals surface area contributed by atoms with Crippen molar-refractivity contribution < 1.29 is 18.0 Å². The molecule has 0 N–H and O–H groups in total. The SMILES string of the molecule is O=C(CCC(F)(F)F)N1CC(C2CCCC2)C1. The molecule has 0 spiro atoms. The molecule has 17 heavy (non-hydrogen) atoms. The van der Waals surface area contributed by atoms with E-state index in [-0.39, 0.29) is 12.3 Å². The monoisotopic (exact) mass is 249 g/mol. The van der Waals surface area contributed by atoms with Crippen LogP contribution in [0.4, 0.5) is 13.2 Å². The second-order valence-electron chi connectivity index (χ2n) is 5.22. The maximum atomic E-state index is 12.0. The first-order valence-corrected chi connectivity index (χ1v) is 6.30. The number of nitrogens with zero attached hydrogens (tertiary/aromatic N) is 1. The summed E-state index contributed by atoms with van der Waals surface area (Å²) in [7, 11) is 0. The van der Waals surface area contributed by atoms with E-state index >= 15 is 0 Å². The van der Waals surface area contributed by atoms with Gasteiger partial charge >= 0.3 is 6.18 Å². The van der Waals surface area contributed by atoms with Gasteiger partial charge in [-0.1, -0.05) is 25.7 Å². The number of carbonyl (C=O) groups excluding carboxylic acids is 1. The van der Waals surface area contributed by atoms with Gasteiger partial charge in [-0.3, -0.25) is 4.79 Å². The predicted octanol–water partition coefficient (Wildman–Crippen LogP) is 2.98. The molecule has 2 aliphatic rings. The van der Waals surface area contributed by atoms with Crippen LogP contribution in [0.1, 0.15) is 38.5 Å². The lowest BCUT2D eigenvalue weighted by molar-refractivity contribution is -0.153. The Morgan fingerprint density at radius 2 is 1.71 bits per heavy atom. The van der Waals surface area contributed by atoms with Crippen molar-refractivity contribution >= 4 is 5.91 Å². The van der Waals surface area contributed by atoms with Gasteiger partial charge in [0, 0.05) is 19.5 Å². The van der Waals surface area contributed by atoms with E-state index in [1.54, 1.807) is 4.90 Å². The first-order chi connectivity index (χ1) is 7.96. The summed E-state index contributed by atoms with van der Waals surface area (Å²) in [5, 5.41) is 0. The zero-order valence-corrected chi connectivity index (χ0v) is 9.80. The Labute approximate surface area is 99.2 Å². The van der Waals surface area contributed by atoms with Gasteiger partial charge in [-0.15, -0.1) is 0 Å². The fraction of sp³-hybridized carbons (Fsp3) is 0.917. The molecule has 1 aliphatic carbocycles. The topological polar surface area (TPSA) is 20.3 Å². The van der Waals surface area contributed by atoms with Gasteiger partial charge in [0.25, 0.3) is 0 Å². The fourth-order valence-electron chi connectivity index (χ4n) is 2.85. The number of hydrogen-bond acceptors (Lipinski definition) is 1. The molecule has 98 valence electrons. The van der Waals surface area contributed by atoms with Crippen molar-refractivity contribution in [2.45, 2.75) is 44.7 Å². The molecule has 1 saturated carbocycles. The zero-order chi connectivity index (χ0) is 12.5. The van der Waals surface area contributed by atoms with E-state index in [0.717, 1.165) is 0 Å². The van der Waals surface area contributed by atoms with Crippen molar-refractivity contribution in [1.82, 2.24) is 4.90 Å². The van der Waals surface area contributed by atoms with Crippen LogP contribution in [0.2, 0.25) is 0 Å². The summed E-state index contributed by atoms with van der Waals surface area (Å²) in [5.41, 5.74) is 0. The molecular weight excluding hydrogens is 231 g/mol. The number of hydrogen-bond donors (Lipinski definition) is 0. The highest BCUT2D eigenvalue weighted by Crippen LogP contribution is 2.36. The molecule has 0 unspecified atom stereocenters. The molecule has 1 amide bonds. The summed E-state index contributed by atoms with van der Waals surface area (Å²) in [6.07, 6.45) is -0.598. The zero-order valence-electron chi connectivity index (χ0n) is 9.80. The van der Waals surface area contributed by atoms with Crippen LogP contribution in [-0.4, -0.2) is 30.1 Å². The normalized spacial score (nSPS) is 22.9. The lowest BCUT2D eigenvalue weighted by Gasteiger charge is -2.42. The number of alkyl halides is 3. The molecule has 1 aliphatic heterocycles. The smallest absolute Gasteiger partial charge is 0.342 e. The molecule has 1 heterocycles. The van der Waals surface area contributed by atoms with Crippen LogP contribution in [0.15, 0.2) is 0 Å². The Balaban J connectivity index is 1.66. The van der Waals surface area contributed by atoms with Gasteiger partial charge in [0.05, 0.1) is 6.42 Å². The molecule has 0 aromatic heterocycles. The molecule has 0 atom stereocenters. The lowest BCUT2D eigenvalue weighted by Crippen LogP contribution is -2.52. The van der Waals surface area contributed by atoms with Gasteiger partial charge in [-0.2, -0.15) is 13.2 Å². The Morgan fingerprint density at radius 1 is 1.12 bits per heavy atom. The molecule has 1 saturated heterocycles. The summed E-state index contributed by atoms with van der Waals surface area (Å²) < 4.78 is 35.9. The molecule has 0 aromatic rings. The lowest BCUT2D eigenvalue weighted by atomic mass is 9.84. The quantitative estimate of drug-likeness (QED) is 0.753. The molecule has 0 bridgehead atoms. The van der Waals surface area contributed by atoms with Crippen molar-refractivity contribution in [3.63, 3.8) is 0 Å². The van der Waals surface area contributed by atoms with Crippen molar-refractivity contribution in [2.75, 3.05) is 13.1 Å². The number of likely N-dealkylation sites (tertiary alicyclic amines) is 1. The second kappa shape index (κ2) is 4.86. The van der Waals surface area contributed by atoms with E-state index in [1.165, 1.54) is 25.7 Å². The first-order valence-electron chi connectivity index (χ1n) is 6.30. The molecule has 0 radical (unpaired) electrons. The Bertz CT molecular complexity index is 278. The Morgan fingerprint density at radius 3 is 2.24 bits per heavy atom. The number of rotatable bonds is 3. The number of carbonyl (C=O) groups is 1. The van der Waals surface area contributed by atoms with Gasteiger partial charge in [-0.05, 0) is 11.8 Å². The minimum absolute atomic E-state index is 0.337. The first kappa shape index (κ1) is 12.7. The largest absolute Gasteiger partial charge is 0.389 e. The van der Waals surface area contributed by atoms with Crippen LogP contribution in [0.5, 0.6) is 0 Å². The summed E-state index contributed by atoms with van der Waals surface area (Å²) >= 11 is 0. The van der Waals surface area contributed by atoms with Crippen molar-refractivity contribution in [3.8, 4) is 0 Å². The third-order valence-corrected chi connectivity index (χ3v) is 3.95. The summed E-state index contributed by atoms with van der Waals surface area (Å²) in [4.78, 5) is 13.0. The molecule has 0 aromatic carbocycles. The van der Waals surface area contributed by atoms with Gasteiger partial charge in [-0.25, -0.2) is 0 Å². The van der Waals surface area contributed by atoms with Crippen molar-refractivity contribution in [1.29, 1.82) is 0 Å². The van der Waals surface area contributed by atoms with Crippen LogP contribution in [0.3, 0.4) is 0 Å². The van der Waals surface area contributed by atoms with E-state index in [4.69, 9.17) is 0 Å². The Kier molecular flexibility index (Phi) is 3.64. The maximum absolute atomic E-state index is 12.0. The average Bonchev–Trinajstić information content (AvgIpc) is 2.64. The van der Waals surface area contributed by atoms with Crippen molar-refractivity contribution in [2.24, 2.45) is 11.8 Å². The highest BCUT2D eigenvalue weighted by Gasteiger charge is 2.38. The van der Waals surface area contributed by atoms with Crippen LogP contribution in [0, 0.1) is 11.8 Å². The van der Waals surface area contributed by atoms with E-state index in [1.807, 2.05) is 0 Å². The highest BCUT2D eigenvalue weighted by atomic mass is 19.4. The summed E-state index contributed by atoms with van der Waals surface area (Å²) in [5.74, 6) is 0.922. The summed E-state index contributed by atoms with van der Waals surface area (Å²) in [6.45, 7) is 1.36. The third-order valence-electron chi connectivity index (χ3n) is 3.95. The number of amides is 1. The third kappa shape index (κ3) is 3.36. The molecule has 2 nitrogen and oxygen atoms in total. The minimum Gasteiger partial charge on any atom is -0.342 e. The molecular formula is C12H18F3NO. The maximum Gasteiger partial charge on any atom is 0.389 e. The van der Waals surface area contributed by atoms with E-state index in [0.29, 0.717) is 24.9 Å². The van der Waals surface area contributed by atoms with Crippen molar-refractivity contribution in [3.05, 3.63) is 0 Å². The van der Waals surface area contributed by atoms with Crippen LogP contribution in [0.25, 0.3) is 0 Å². The Hall–Kier alpha value is -0.740. The fourth-order valence-corrected chi connectivity index (χ4v) is 2.85. The van der Waals surface area contributed by atoms with Gasteiger partial charge < -0.3 is 4.90 Å².